The van der Waals surface area contributed by atoms with Gasteiger partial charge < -0.3 is 0 Å². The predicted octanol–water partition coefficient (Wildman–Crippen LogP) is 3.13. The standard InChI is InChI=1S/C7H4Cl2FNO2/c8-3-4-1-7(11(12)13)6(10)2-5(4)9/h1-2H,3H2. The van der Waals surface area contributed by atoms with Crippen LogP contribution in [0.2, 0.25) is 5.02 Å². The molecule has 0 heterocycles. The van der Waals surface area contributed by atoms with Gasteiger partial charge >= 0.3 is 5.69 Å². The third-order valence-corrected chi connectivity index (χ3v) is 2.10. The molecule has 0 bridgehead atoms. The summed E-state index contributed by atoms with van der Waals surface area (Å²) in [5.41, 5.74) is -0.267. The van der Waals surface area contributed by atoms with Crippen molar-refractivity contribution < 1.29 is 9.31 Å². The zero-order chi connectivity index (χ0) is 10.0. The molecule has 13 heavy (non-hydrogen) atoms. The van der Waals surface area contributed by atoms with E-state index in [4.69, 9.17) is 23.2 Å². The second-order valence-corrected chi connectivity index (χ2v) is 2.96. The first-order valence-electron chi connectivity index (χ1n) is 3.24. The molecule has 0 saturated carbocycles. The Labute approximate surface area is 83.2 Å². The Bertz CT molecular complexity index is 357. The Morgan fingerprint density at radius 3 is 2.62 bits per heavy atom. The van der Waals surface area contributed by atoms with Crippen molar-refractivity contribution in [3.63, 3.8) is 0 Å². The van der Waals surface area contributed by atoms with E-state index in [0.717, 1.165) is 12.1 Å². The maximum absolute atomic E-state index is 12.8. The summed E-state index contributed by atoms with van der Waals surface area (Å²) < 4.78 is 12.8. The quantitative estimate of drug-likeness (QED) is 0.440. The van der Waals surface area contributed by atoms with Crippen LogP contribution in [0.15, 0.2) is 12.1 Å². The van der Waals surface area contributed by atoms with Crippen LogP contribution in [-0.4, -0.2) is 4.92 Å². The van der Waals surface area contributed by atoms with Crippen molar-refractivity contribution >= 4 is 28.9 Å². The predicted molar refractivity (Wildman–Crippen MR) is 47.6 cm³/mol. The Balaban J connectivity index is 3.30. The normalized spacial score (nSPS) is 10.1. The van der Waals surface area contributed by atoms with Crippen molar-refractivity contribution in [2.45, 2.75) is 5.88 Å². The maximum Gasteiger partial charge on any atom is 0.305 e. The highest BCUT2D eigenvalue weighted by Gasteiger charge is 2.16. The van der Waals surface area contributed by atoms with Crippen LogP contribution < -0.4 is 0 Å². The number of nitrogens with zero attached hydrogens (tertiary/aromatic N) is 1. The maximum atomic E-state index is 12.8. The number of benzene rings is 1. The van der Waals surface area contributed by atoms with Gasteiger partial charge in [-0.3, -0.25) is 10.1 Å². The fraction of sp³-hybridized carbons (Fsp3) is 0.143. The van der Waals surface area contributed by atoms with Crippen molar-refractivity contribution in [1.82, 2.24) is 0 Å². The molecule has 0 aliphatic heterocycles. The van der Waals surface area contributed by atoms with Gasteiger partial charge in [0.25, 0.3) is 0 Å². The summed E-state index contributed by atoms with van der Waals surface area (Å²) in [7, 11) is 0. The monoisotopic (exact) mass is 223 g/mol. The molecule has 0 fully saturated rings. The van der Waals surface area contributed by atoms with E-state index in [1.807, 2.05) is 0 Å². The van der Waals surface area contributed by atoms with E-state index >= 15 is 0 Å². The van der Waals surface area contributed by atoms with Gasteiger partial charge in [0.05, 0.1) is 4.92 Å². The summed E-state index contributed by atoms with van der Waals surface area (Å²) in [5, 5.41) is 10.4. The third kappa shape index (κ3) is 2.08. The van der Waals surface area contributed by atoms with Gasteiger partial charge in [-0.05, 0) is 11.6 Å². The molecule has 70 valence electrons. The molecular formula is C7H4Cl2FNO2. The minimum absolute atomic E-state index is 0.0138. The molecule has 0 spiro atoms. The number of halogens is 3. The number of nitro groups is 1. The van der Waals surface area contributed by atoms with Gasteiger partial charge in [0.1, 0.15) is 0 Å². The van der Waals surface area contributed by atoms with E-state index in [9.17, 15) is 14.5 Å². The minimum Gasteiger partial charge on any atom is -0.258 e. The van der Waals surface area contributed by atoms with E-state index in [-0.39, 0.29) is 10.9 Å². The molecule has 6 heteroatoms. The molecule has 0 atom stereocenters. The highest BCUT2D eigenvalue weighted by atomic mass is 35.5. The zero-order valence-corrected chi connectivity index (χ0v) is 7.77. The van der Waals surface area contributed by atoms with Crippen LogP contribution in [0.4, 0.5) is 10.1 Å². The van der Waals surface area contributed by atoms with Crippen LogP contribution in [0.3, 0.4) is 0 Å². The fourth-order valence-corrected chi connectivity index (χ4v) is 1.33. The van der Waals surface area contributed by atoms with Crippen molar-refractivity contribution in [2.75, 3.05) is 0 Å². The molecule has 0 amide bonds. The highest BCUT2D eigenvalue weighted by molar-refractivity contribution is 6.32. The van der Waals surface area contributed by atoms with Crippen molar-refractivity contribution in [2.24, 2.45) is 0 Å². The Morgan fingerprint density at radius 2 is 2.15 bits per heavy atom. The molecule has 0 aliphatic rings. The second-order valence-electron chi connectivity index (χ2n) is 2.29. The summed E-state index contributed by atoms with van der Waals surface area (Å²) >= 11 is 11.0. The van der Waals surface area contributed by atoms with E-state index in [2.05, 4.69) is 0 Å². The molecule has 0 aromatic heterocycles. The van der Waals surface area contributed by atoms with Crippen LogP contribution in [0.5, 0.6) is 0 Å². The van der Waals surface area contributed by atoms with E-state index in [1.54, 1.807) is 0 Å². The molecule has 0 unspecified atom stereocenters. The molecule has 0 N–H and O–H groups in total. The SMILES string of the molecule is O=[N+]([O-])c1cc(CCl)c(Cl)cc1F. The molecular weight excluding hydrogens is 220 g/mol. The molecule has 3 nitrogen and oxygen atoms in total. The van der Waals surface area contributed by atoms with E-state index in [1.165, 1.54) is 0 Å². The highest BCUT2D eigenvalue weighted by Crippen LogP contribution is 2.26. The first kappa shape index (κ1) is 10.2. The van der Waals surface area contributed by atoms with Crippen molar-refractivity contribution in [3.05, 3.63) is 38.7 Å². The Kier molecular flexibility index (Phi) is 3.06. The molecule has 1 rings (SSSR count). The number of nitro benzene ring substituents is 1. The molecule has 1 aromatic rings. The van der Waals surface area contributed by atoms with Crippen molar-refractivity contribution in [3.8, 4) is 0 Å². The topological polar surface area (TPSA) is 43.1 Å². The first-order chi connectivity index (χ1) is 6.06. The Morgan fingerprint density at radius 1 is 1.54 bits per heavy atom. The van der Waals surface area contributed by atoms with Gasteiger partial charge in [0.15, 0.2) is 0 Å². The number of alkyl halides is 1. The first-order valence-corrected chi connectivity index (χ1v) is 4.15. The number of rotatable bonds is 2. The van der Waals surface area contributed by atoms with Gasteiger partial charge in [-0.15, -0.1) is 11.6 Å². The second kappa shape index (κ2) is 3.89. The van der Waals surface area contributed by atoms with E-state index < -0.39 is 16.4 Å². The van der Waals surface area contributed by atoms with Gasteiger partial charge in [-0.2, -0.15) is 4.39 Å². The molecule has 0 aliphatic carbocycles. The lowest BCUT2D eigenvalue weighted by Gasteiger charge is -2.00. The smallest absolute Gasteiger partial charge is 0.258 e. The fourth-order valence-electron chi connectivity index (χ4n) is 0.823. The minimum atomic E-state index is -0.955. The number of hydrogen-bond acceptors (Lipinski definition) is 2. The summed E-state index contributed by atoms with van der Waals surface area (Å²) in [6, 6.07) is 1.92. The molecule has 1 aromatic carbocycles. The van der Waals surface area contributed by atoms with Crippen LogP contribution in [-0.2, 0) is 5.88 Å². The van der Waals surface area contributed by atoms with Gasteiger partial charge in [-0.1, -0.05) is 11.6 Å². The lowest BCUT2D eigenvalue weighted by atomic mass is 10.2. The molecule has 0 radical (unpaired) electrons. The van der Waals surface area contributed by atoms with E-state index in [0.29, 0.717) is 5.56 Å². The zero-order valence-electron chi connectivity index (χ0n) is 6.26. The average Bonchev–Trinajstić information content (AvgIpc) is 2.03. The Hall–Kier alpha value is -0.870. The largest absolute Gasteiger partial charge is 0.305 e. The van der Waals surface area contributed by atoms with Gasteiger partial charge in [0.2, 0.25) is 5.82 Å². The lowest BCUT2D eigenvalue weighted by molar-refractivity contribution is -0.387. The summed E-state index contributed by atoms with van der Waals surface area (Å²) in [5.74, 6) is -0.941. The summed E-state index contributed by atoms with van der Waals surface area (Å²) in [6.45, 7) is 0. The summed E-state index contributed by atoms with van der Waals surface area (Å²) in [6.07, 6.45) is 0. The average molecular weight is 224 g/mol. The van der Waals surface area contributed by atoms with Crippen LogP contribution in [0.1, 0.15) is 5.56 Å². The number of hydrogen-bond donors (Lipinski definition) is 0. The van der Waals surface area contributed by atoms with Crippen LogP contribution in [0.25, 0.3) is 0 Å². The third-order valence-electron chi connectivity index (χ3n) is 1.46. The van der Waals surface area contributed by atoms with Gasteiger partial charge in [-0.25, -0.2) is 0 Å². The van der Waals surface area contributed by atoms with Crippen molar-refractivity contribution in [1.29, 1.82) is 0 Å². The van der Waals surface area contributed by atoms with Crippen LogP contribution >= 0.6 is 23.2 Å². The summed E-state index contributed by atoms with van der Waals surface area (Å²) in [4.78, 5) is 9.46. The van der Waals surface area contributed by atoms with Crippen LogP contribution in [0, 0.1) is 15.9 Å². The van der Waals surface area contributed by atoms with Gasteiger partial charge in [0, 0.05) is 17.0 Å². The molecule has 0 saturated heterocycles. The lowest BCUT2D eigenvalue weighted by Crippen LogP contribution is -1.94.